The number of hydrogen-bond donors (Lipinski definition) is 0. The Balaban J connectivity index is 1.78. The molecule has 0 amide bonds. The van der Waals surface area contributed by atoms with Gasteiger partial charge < -0.3 is 14.2 Å². The van der Waals surface area contributed by atoms with E-state index in [9.17, 15) is 4.39 Å². The van der Waals surface area contributed by atoms with Crippen LogP contribution in [0, 0.1) is 5.82 Å². The van der Waals surface area contributed by atoms with Crippen LogP contribution in [0.3, 0.4) is 0 Å². The highest BCUT2D eigenvalue weighted by atomic mass is 35.5. The average molecular weight is 261 g/mol. The number of rotatable bonds is 4. The molecule has 1 heterocycles. The zero-order chi connectivity index (χ0) is 12.1. The zero-order valence-electron chi connectivity index (χ0n) is 9.27. The standard InChI is InChI=1S/C12H14ClFO3/c13-5-12-16-7-10(8-17-12)15-6-9-3-1-2-4-11(9)14/h1-4,10,12H,5-8H2/t10-,12+. The van der Waals surface area contributed by atoms with Crippen LogP contribution >= 0.6 is 11.6 Å². The Kier molecular flexibility index (Phi) is 4.74. The summed E-state index contributed by atoms with van der Waals surface area (Å²) in [6.07, 6.45) is -0.529. The van der Waals surface area contributed by atoms with Gasteiger partial charge in [0.25, 0.3) is 0 Å². The van der Waals surface area contributed by atoms with E-state index in [1.54, 1.807) is 18.2 Å². The van der Waals surface area contributed by atoms with Crippen molar-refractivity contribution in [2.24, 2.45) is 0 Å². The lowest BCUT2D eigenvalue weighted by Gasteiger charge is -2.28. The van der Waals surface area contributed by atoms with Gasteiger partial charge in [-0.25, -0.2) is 4.39 Å². The van der Waals surface area contributed by atoms with Crippen LogP contribution in [0.1, 0.15) is 5.56 Å². The largest absolute Gasteiger partial charge is 0.369 e. The van der Waals surface area contributed by atoms with Crippen LogP contribution in [0.4, 0.5) is 4.39 Å². The Morgan fingerprint density at radius 2 is 2.00 bits per heavy atom. The third-order valence-electron chi connectivity index (χ3n) is 2.49. The van der Waals surface area contributed by atoms with Gasteiger partial charge in [0.2, 0.25) is 0 Å². The van der Waals surface area contributed by atoms with Crippen LogP contribution in [-0.2, 0) is 20.8 Å². The lowest BCUT2D eigenvalue weighted by atomic mass is 10.2. The summed E-state index contributed by atoms with van der Waals surface area (Å²) in [6, 6.07) is 6.54. The second kappa shape index (κ2) is 6.31. The van der Waals surface area contributed by atoms with Crippen molar-refractivity contribution in [2.45, 2.75) is 19.0 Å². The van der Waals surface area contributed by atoms with E-state index in [2.05, 4.69) is 0 Å². The quantitative estimate of drug-likeness (QED) is 0.778. The Morgan fingerprint density at radius 3 is 2.65 bits per heavy atom. The first kappa shape index (κ1) is 12.8. The third-order valence-corrected chi connectivity index (χ3v) is 2.75. The highest BCUT2D eigenvalue weighted by Gasteiger charge is 2.22. The van der Waals surface area contributed by atoms with Gasteiger partial charge >= 0.3 is 0 Å². The zero-order valence-corrected chi connectivity index (χ0v) is 10.0. The van der Waals surface area contributed by atoms with Gasteiger partial charge in [-0.05, 0) is 6.07 Å². The molecule has 1 aliphatic heterocycles. The molecule has 5 heteroatoms. The maximum absolute atomic E-state index is 13.3. The SMILES string of the molecule is Fc1ccccc1CO[C@H]1CO[C@@H](CCl)OC1. The van der Waals surface area contributed by atoms with Crippen LogP contribution in [-0.4, -0.2) is 31.5 Å². The van der Waals surface area contributed by atoms with E-state index in [1.165, 1.54) is 6.07 Å². The van der Waals surface area contributed by atoms with Gasteiger partial charge in [0.1, 0.15) is 11.9 Å². The van der Waals surface area contributed by atoms with Gasteiger partial charge in [-0.3, -0.25) is 0 Å². The molecule has 0 saturated carbocycles. The number of alkyl halides is 1. The number of benzene rings is 1. The second-order valence-electron chi connectivity index (χ2n) is 3.77. The van der Waals surface area contributed by atoms with E-state index in [-0.39, 0.29) is 24.8 Å². The lowest BCUT2D eigenvalue weighted by Crippen LogP contribution is -2.38. The minimum atomic E-state index is -0.357. The molecule has 1 fully saturated rings. The van der Waals surface area contributed by atoms with Crippen LogP contribution in [0.25, 0.3) is 0 Å². The predicted octanol–water partition coefficient (Wildman–Crippen LogP) is 2.32. The summed E-state index contributed by atoms with van der Waals surface area (Å²) >= 11 is 5.58. The first-order valence-corrected chi connectivity index (χ1v) is 5.97. The van der Waals surface area contributed by atoms with Gasteiger partial charge in [0.15, 0.2) is 6.29 Å². The molecule has 0 aromatic heterocycles. The Morgan fingerprint density at radius 1 is 1.29 bits per heavy atom. The highest BCUT2D eigenvalue weighted by Crippen LogP contribution is 2.13. The van der Waals surface area contributed by atoms with E-state index in [0.717, 1.165) is 0 Å². The maximum Gasteiger partial charge on any atom is 0.171 e. The molecule has 94 valence electrons. The molecule has 0 N–H and O–H groups in total. The smallest absolute Gasteiger partial charge is 0.171 e. The topological polar surface area (TPSA) is 27.7 Å². The number of halogens is 2. The molecule has 0 bridgehead atoms. The number of ether oxygens (including phenoxy) is 3. The molecule has 0 unspecified atom stereocenters. The van der Waals surface area contributed by atoms with E-state index in [1.807, 2.05) is 0 Å². The molecule has 1 aromatic carbocycles. The van der Waals surface area contributed by atoms with Crippen molar-refractivity contribution >= 4 is 11.6 Å². The Labute approximate surface area is 104 Å². The lowest BCUT2D eigenvalue weighted by molar-refractivity contribution is -0.218. The molecule has 1 saturated heterocycles. The third kappa shape index (κ3) is 3.64. The molecule has 3 nitrogen and oxygen atoms in total. The maximum atomic E-state index is 13.3. The molecule has 0 spiro atoms. The van der Waals surface area contributed by atoms with Gasteiger partial charge in [-0.1, -0.05) is 18.2 Å². The fraction of sp³-hybridized carbons (Fsp3) is 0.500. The Bertz CT molecular complexity index is 353. The molecular weight excluding hydrogens is 247 g/mol. The summed E-state index contributed by atoms with van der Waals surface area (Å²) < 4.78 is 29.4. The summed E-state index contributed by atoms with van der Waals surface area (Å²) in [4.78, 5) is 0. The first-order valence-electron chi connectivity index (χ1n) is 5.44. The molecule has 17 heavy (non-hydrogen) atoms. The van der Waals surface area contributed by atoms with Crippen molar-refractivity contribution in [1.29, 1.82) is 0 Å². The van der Waals surface area contributed by atoms with Crippen LogP contribution in [0.2, 0.25) is 0 Å². The van der Waals surface area contributed by atoms with Crippen molar-refractivity contribution in [3.63, 3.8) is 0 Å². The molecule has 0 aliphatic carbocycles. The van der Waals surface area contributed by atoms with Crippen LogP contribution < -0.4 is 0 Å². The van der Waals surface area contributed by atoms with E-state index in [0.29, 0.717) is 24.7 Å². The van der Waals surface area contributed by atoms with E-state index < -0.39 is 0 Å². The van der Waals surface area contributed by atoms with E-state index in [4.69, 9.17) is 25.8 Å². The molecular formula is C12H14ClFO3. The fourth-order valence-corrected chi connectivity index (χ4v) is 1.71. The van der Waals surface area contributed by atoms with Crippen molar-refractivity contribution in [1.82, 2.24) is 0 Å². The summed E-state index contributed by atoms with van der Waals surface area (Å²) in [7, 11) is 0. The molecule has 2 rings (SSSR count). The molecule has 0 atom stereocenters. The normalized spacial score (nSPS) is 24.8. The highest BCUT2D eigenvalue weighted by molar-refractivity contribution is 6.18. The number of hydrogen-bond acceptors (Lipinski definition) is 3. The van der Waals surface area contributed by atoms with Gasteiger partial charge in [-0.2, -0.15) is 0 Å². The minimum absolute atomic E-state index is 0.172. The molecule has 1 aromatic rings. The van der Waals surface area contributed by atoms with Crippen molar-refractivity contribution in [3.8, 4) is 0 Å². The monoisotopic (exact) mass is 260 g/mol. The summed E-state index contributed by atoms with van der Waals surface area (Å²) in [5.74, 6) is 0.0452. The van der Waals surface area contributed by atoms with Gasteiger partial charge in [0.05, 0.1) is 25.7 Å². The van der Waals surface area contributed by atoms with Crippen LogP contribution in [0.15, 0.2) is 24.3 Å². The Hall–Kier alpha value is -0.680. The van der Waals surface area contributed by atoms with Crippen molar-refractivity contribution in [3.05, 3.63) is 35.6 Å². The van der Waals surface area contributed by atoms with Crippen molar-refractivity contribution < 1.29 is 18.6 Å². The summed E-state index contributed by atoms with van der Waals surface area (Å²) in [5, 5.41) is 0. The summed E-state index contributed by atoms with van der Waals surface area (Å²) in [5.41, 5.74) is 0.534. The van der Waals surface area contributed by atoms with Gasteiger partial charge in [0, 0.05) is 5.56 Å². The molecule has 0 radical (unpaired) electrons. The van der Waals surface area contributed by atoms with Crippen molar-refractivity contribution in [2.75, 3.05) is 19.1 Å². The second-order valence-corrected chi connectivity index (χ2v) is 4.08. The fourth-order valence-electron chi connectivity index (χ4n) is 1.53. The van der Waals surface area contributed by atoms with E-state index >= 15 is 0 Å². The predicted molar refractivity (Wildman–Crippen MR) is 61.4 cm³/mol. The van der Waals surface area contributed by atoms with Gasteiger partial charge in [-0.15, -0.1) is 11.6 Å². The van der Waals surface area contributed by atoms with Crippen LogP contribution in [0.5, 0.6) is 0 Å². The average Bonchev–Trinajstić information content (AvgIpc) is 2.38. The summed E-state index contributed by atoms with van der Waals surface area (Å²) in [6.45, 7) is 1.06. The first-order chi connectivity index (χ1) is 8.29. The minimum Gasteiger partial charge on any atom is -0.369 e. The molecule has 1 aliphatic rings.